The van der Waals surface area contributed by atoms with E-state index in [0.29, 0.717) is 23.3 Å². The van der Waals surface area contributed by atoms with Crippen LogP contribution in [0.15, 0.2) is 180 Å². The molecule has 0 amide bonds. The van der Waals surface area contributed by atoms with Gasteiger partial charge in [0.2, 0.25) is 0 Å². The molecule has 0 aliphatic carbocycles. The molecule has 0 N–H and O–H groups in total. The number of para-hydroxylation sites is 3. The topological polar surface area (TPSA) is 94.9 Å². The fourth-order valence-corrected chi connectivity index (χ4v) is 8.19. The summed E-state index contributed by atoms with van der Waals surface area (Å²) in [5.74, 6) is 2.40. The lowest BCUT2D eigenvalue weighted by Crippen LogP contribution is -2.00. The standard InChI is InChI=1S/C50H29N7O/c1-4-15-30(16-5-1)46-52-44-34-21-10-12-24-38(34)57-39-25-13-11-23-37(39)51-50(57)43(44)45(53-46)35-22-14-26-41-42(35)36-29-33(27-28-40(36)58-41)49-55-47(31-17-6-2-7-18-31)54-48(56-49)32-19-8-3-9-20-32/h1-29H. The van der Waals surface area contributed by atoms with Crippen LogP contribution in [0.1, 0.15) is 0 Å². The molecule has 0 bridgehead atoms. The third kappa shape index (κ3) is 5.02. The van der Waals surface area contributed by atoms with Crippen LogP contribution in [0, 0.1) is 0 Å². The number of aromatic nitrogens is 7. The molecule has 0 spiro atoms. The molecule has 7 aromatic carbocycles. The Hall–Kier alpha value is -8.10. The molecule has 0 unspecified atom stereocenters. The molecule has 0 aliphatic rings. The number of furan rings is 1. The monoisotopic (exact) mass is 743 g/mol. The molecule has 8 nitrogen and oxygen atoms in total. The van der Waals surface area contributed by atoms with Gasteiger partial charge in [0.25, 0.3) is 0 Å². The lowest BCUT2D eigenvalue weighted by atomic mass is 9.98. The van der Waals surface area contributed by atoms with E-state index in [4.69, 9.17) is 34.3 Å². The molecule has 12 rings (SSSR count). The molecule has 5 aromatic heterocycles. The predicted octanol–water partition coefficient (Wildman–Crippen LogP) is 12.0. The maximum Gasteiger partial charge on any atom is 0.164 e. The Kier molecular flexibility index (Phi) is 7.06. The van der Waals surface area contributed by atoms with Crippen molar-refractivity contribution in [3.63, 3.8) is 0 Å². The number of imidazole rings is 1. The zero-order valence-electron chi connectivity index (χ0n) is 30.8. The van der Waals surface area contributed by atoms with Gasteiger partial charge in [-0.3, -0.25) is 4.40 Å². The highest BCUT2D eigenvalue weighted by Crippen LogP contribution is 2.43. The Morgan fingerprint density at radius 2 is 0.966 bits per heavy atom. The molecule has 58 heavy (non-hydrogen) atoms. The molecule has 0 radical (unpaired) electrons. The van der Waals surface area contributed by atoms with Gasteiger partial charge >= 0.3 is 0 Å². The fourth-order valence-electron chi connectivity index (χ4n) is 8.19. The van der Waals surface area contributed by atoms with Gasteiger partial charge in [-0.05, 0) is 42.5 Å². The van der Waals surface area contributed by atoms with Crippen LogP contribution in [0.25, 0.3) is 117 Å². The summed E-state index contributed by atoms with van der Waals surface area (Å²) in [5, 5.41) is 3.73. The first-order chi connectivity index (χ1) is 28.7. The van der Waals surface area contributed by atoms with Gasteiger partial charge in [-0.15, -0.1) is 0 Å². The van der Waals surface area contributed by atoms with E-state index in [9.17, 15) is 0 Å². The van der Waals surface area contributed by atoms with Gasteiger partial charge in [-0.1, -0.05) is 133 Å². The predicted molar refractivity (Wildman–Crippen MR) is 231 cm³/mol. The van der Waals surface area contributed by atoms with Gasteiger partial charge in [0.1, 0.15) is 16.8 Å². The van der Waals surface area contributed by atoms with Crippen LogP contribution in [0.5, 0.6) is 0 Å². The normalized spacial score (nSPS) is 11.8. The summed E-state index contributed by atoms with van der Waals surface area (Å²) >= 11 is 0. The van der Waals surface area contributed by atoms with Crippen molar-refractivity contribution in [1.82, 2.24) is 34.3 Å². The Labute approximate surface area is 330 Å². The number of nitrogens with zero attached hydrogens (tertiary/aromatic N) is 7. The second kappa shape index (κ2) is 12.7. The van der Waals surface area contributed by atoms with Gasteiger partial charge in [0.05, 0.1) is 33.1 Å². The molecule has 0 saturated heterocycles. The number of fused-ring (bicyclic) bond motifs is 11. The van der Waals surface area contributed by atoms with Crippen molar-refractivity contribution >= 4 is 60.4 Å². The van der Waals surface area contributed by atoms with Gasteiger partial charge in [0, 0.05) is 44.0 Å². The quantitative estimate of drug-likeness (QED) is 0.162. The summed E-state index contributed by atoms with van der Waals surface area (Å²) in [6, 6.07) is 59.2. The van der Waals surface area contributed by atoms with Crippen LogP contribution in [0.4, 0.5) is 0 Å². The van der Waals surface area contributed by atoms with Gasteiger partial charge < -0.3 is 4.42 Å². The molecule has 8 heteroatoms. The highest BCUT2D eigenvalue weighted by atomic mass is 16.3. The van der Waals surface area contributed by atoms with Crippen LogP contribution in [-0.2, 0) is 0 Å². The third-order valence-electron chi connectivity index (χ3n) is 10.8. The second-order valence-corrected chi connectivity index (χ2v) is 14.3. The van der Waals surface area contributed by atoms with Gasteiger partial charge in [0.15, 0.2) is 23.3 Å². The Morgan fingerprint density at radius 3 is 1.66 bits per heavy atom. The first kappa shape index (κ1) is 32.2. The van der Waals surface area contributed by atoms with Crippen LogP contribution in [0.3, 0.4) is 0 Å². The van der Waals surface area contributed by atoms with E-state index >= 15 is 0 Å². The first-order valence-corrected chi connectivity index (χ1v) is 19.1. The molecule has 270 valence electrons. The lowest BCUT2D eigenvalue weighted by molar-refractivity contribution is 0.669. The van der Waals surface area contributed by atoms with Crippen molar-refractivity contribution < 1.29 is 4.42 Å². The van der Waals surface area contributed by atoms with Crippen LogP contribution in [0.2, 0.25) is 0 Å². The van der Waals surface area contributed by atoms with Crippen molar-refractivity contribution in [2.75, 3.05) is 0 Å². The van der Waals surface area contributed by atoms with Crippen molar-refractivity contribution in [1.29, 1.82) is 0 Å². The van der Waals surface area contributed by atoms with E-state index in [1.165, 1.54) is 0 Å². The first-order valence-electron chi connectivity index (χ1n) is 19.1. The average Bonchev–Trinajstić information content (AvgIpc) is 3.88. The maximum absolute atomic E-state index is 6.61. The highest BCUT2D eigenvalue weighted by molar-refractivity contribution is 6.21. The summed E-state index contributed by atoms with van der Waals surface area (Å²) in [7, 11) is 0. The van der Waals surface area contributed by atoms with Crippen LogP contribution >= 0.6 is 0 Å². The van der Waals surface area contributed by atoms with E-state index in [-0.39, 0.29) is 0 Å². The van der Waals surface area contributed by atoms with Crippen LogP contribution < -0.4 is 0 Å². The second-order valence-electron chi connectivity index (χ2n) is 14.3. The lowest BCUT2D eigenvalue weighted by Gasteiger charge is -2.14. The van der Waals surface area contributed by atoms with E-state index in [1.54, 1.807) is 0 Å². The highest BCUT2D eigenvalue weighted by Gasteiger charge is 2.24. The van der Waals surface area contributed by atoms with Crippen LogP contribution in [-0.4, -0.2) is 34.3 Å². The third-order valence-corrected chi connectivity index (χ3v) is 10.8. The zero-order valence-corrected chi connectivity index (χ0v) is 30.8. The smallest absolute Gasteiger partial charge is 0.164 e. The summed E-state index contributed by atoms with van der Waals surface area (Å²) in [6.45, 7) is 0. The zero-order chi connectivity index (χ0) is 38.2. The number of benzene rings is 7. The molecule has 12 aromatic rings. The number of pyridine rings is 1. The molecule has 5 heterocycles. The Bertz CT molecular complexity index is 3510. The summed E-state index contributed by atoms with van der Waals surface area (Å²) in [6.07, 6.45) is 0. The molecule has 0 atom stereocenters. The SMILES string of the molecule is c1ccc(-c2nc(-c3ccccc3)nc(-c3ccc4oc5cccc(-c6nc(-c7ccccc7)nc7c8ccccc8n8c9ccccc9nc8c67)c5c4c3)n2)cc1. The maximum atomic E-state index is 6.61. The van der Waals surface area contributed by atoms with E-state index in [2.05, 4.69) is 71.1 Å². The van der Waals surface area contributed by atoms with E-state index < -0.39 is 0 Å². The Morgan fingerprint density at radius 1 is 0.379 bits per heavy atom. The summed E-state index contributed by atoms with van der Waals surface area (Å²) in [5.41, 5.74) is 11.3. The minimum Gasteiger partial charge on any atom is -0.456 e. The molecule has 0 fully saturated rings. The van der Waals surface area contributed by atoms with Crippen molar-refractivity contribution in [2.45, 2.75) is 0 Å². The number of hydrogen-bond donors (Lipinski definition) is 0. The fraction of sp³-hybridized carbons (Fsp3) is 0. The number of rotatable bonds is 5. The molecular formula is C50H29N7O. The minimum absolute atomic E-state index is 0.567. The Balaban J connectivity index is 1.16. The molecular weight excluding hydrogens is 715 g/mol. The average molecular weight is 744 g/mol. The van der Waals surface area contributed by atoms with E-state index in [1.807, 2.05) is 109 Å². The van der Waals surface area contributed by atoms with Crippen molar-refractivity contribution in [3.8, 4) is 56.8 Å². The minimum atomic E-state index is 0.567. The van der Waals surface area contributed by atoms with Gasteiger partial charge in [-0.2, -0.15) is 0 Å². The molecule has 0 aliphatic heterocycles. The summed E-state index contributed by atoms with van der Waals surface area (Å²) in [4.78, 5) is 31.0. The summed E-state index contributed by atoms with van der Waals surface area (Å²) < 4.78 is 8.85. The number of hydrogen-bond acceptors (Lipinski definition) is 7. The van der Waals surface area contributed by atoms with E-state index in [0.717, 1.165) is 93.9 Å². The van der Waals surface area contributed by atoms with Gasteiger partial charge in [-0.25, -0.2) is 29.9 Å². The van der Waals surface area contributed by atoms with Crippen molar-refractivity contribution in [2.24, 2.45) is 0 Å². The van der Waals surface area contributed by atoms with Crippen molar-refractivity contribution in [3.05, 3.63) is 176 Å². The molecule has 0 saturated carbocycles. The largest absolute Gasteiger partial charge is 0.456 e.